The Labute approximate surface area is 301 Å². The summed E-state index contributed by atoms with van der Waals surface area (Å²) in [6.45, 7) is 24.6. The Balaban J connectivity index is 0.000000304. The van der Waals surface area contributed by atoms with Crippen LogP contribution in [0.2, 0.25) is 0 Å². The quantitative estimate of drug-likeness (QED) is 0.0373. The Morgan fingerprint density at radius 3 is 1.10 bits per heavy atom. The summed E-state index contributed by atoms with van der Waals surface area (Å²) in [5.41, 5.74) is 4.30. The van der Waals surface area contributed by atoms with Crippen LogP contribution in [-0.4, -0.2) is 18.9 Å². The maximum absolute atomic E-state index is 13.4. The summed E-state index contributed by atoms with van der Waals surface area (Å²) < 4.78 is 88.9. The van der Waals surface area contributed by atoms with Gasteiger partial charge in [-0.15, -0.1) is 0 Å². The minimum atomic E-state index is -5.81. The molecule has 0 unspecified atom stereocenters. The minimum Gasteiger partial charge on any atom is -0.744 e. The van der Waals surface area contributed by atoms with E-state index in [2.05, 4.69) is 146 Å². The molecule has 0 aliphatic heterocycles. The molecule has 5 nitrogen and oxygen atoms in total. The molecule has 0 bridgehead atoms. The highest BCUT2D eigenvalue weighted by molar-refractivity contribution is 7.97. The summed E-state index contributed by atoms with van der Waals surface area (Å²) in [6, 6.07) is 27.8. The van der Waals surface area contributed by atoms with Gasteiger partial charge in [-0.05, 0) is 76.3 Å². The third-order valence-electron chi connectivity index (χ3n) is 7.84. The summed E-state index contributed by atoms with van der Waals surface area (Å²) in [6.07, 6.45) is 0. The molecule has 0 N–H and O–H groups in total. The molecule has 4 aromatic rings. The molecule has 0 heterocycles. The highest BCUT2D eigenvalue weighted by Crippen LogP contribution is 2.36. The van der Waals surface area contributed by atoms with Crippen LogP contribution in [0.4, 0.5) is 17.6 Å². The average Bonchev–Trinajstić information content (AvgIpc) is 3.01. The second kappa shape index (κ2) is 15.4. The van der Waals surface area contributed by atoms with E-state index >= 15 is 0 Å². The molecular formula is C40H44F4O5S2. The zero-order valence-corrected chi connectivity index (χ0v) is 32.1. The van der Waals surface area contributed by atoms with Crippen molar-refractivity contribution in [2.45, 2.75) is 105 Å². The largest absolute Gasteiger partial charge is 0.744 e. The van der Waals surface area contributed by atoms with Crippen molar-refractivity contribution in [1.82, 2.24) is 0 Å². The van der Waals surface area contributed by atoms with Gasteiger partial charge in [0.25, 0.3) is 0 Å². The van der Waals surface area contributed by atoms with Crippen molar-refractivity contribution >= 4 is 27.0 Å². The van der Waals surface area contributed by atoms with Gasteiger partial charge in [0, 0.05) is 5.57 Å². The first-order valence-electron chi connectivity index (χ1n) is 16.0. The fourth-order valence-electron chi connectivity index (χ4n) is 4.76. The lowest BCUT2D eigenvalue weighted by Crippen LogP contribution is -2.16. The number of hydrogen-bond donors (Lipinski definition) is 0. The van der Waals surface area contributed by atoms with Crippen LogP contribution in [0, 0.1) is 23.3 Å². The fraction of sp³-hybridized carbons (Fsp3) is 0.325. The molecule has 0 fully saturated rings. The summed E-state index contributed by atoms with van der Waals surface area (Å²) in [5, 5.41) is 0. The summed E-state index contributed by atoms with van der Waals surface area (Å²) in [5.74, 6) is -12.8. The molecule has 0 amide bonds. The van der Waals surface area contributed by atoms with E-state index in [9.17, 15) is 35.3 Å². The third kappa shape index (κ3) is 10.1. The van der Waals surface area contributed by atoms with Gasteiger partial charge in [-0.1, -0.05) is 105 Å². The van der Waals surface area contributed by atoms with Gasteiger partial charge in [-0.25, -0.2) is 22.0 Å². The molecule has 0 aliphatic rings. The van der Waals surface area contributed by atoms with Gasteiger partial charge in [0.05, 0.1) is 10.9 Å². The summed E-state index contributed by atoms with van der Waals surface area (Å²) >= 11 is 0. The molecule has 4 aromatic carbocycles. The topological polar surface area (TPSA) is 83.5 Å². The van der Waals surface area contributed by atoms with Crippen molar-refractivity contribution in [2.75, 3.05) is 0 Å². The van der Waals surface area contributed by atoms with Crippen LogP contribution in [0.25, 0.3) is 0 Å². The van der Waals surface area contributed by atoms with Gasteiger partial charge >= 0.3 is 5.97 Å². The molecule has 4 rings (SSSR count). The van der Waals surface area contributed by atoms with Crippen LogP contribution in [-0.2, 0) is 42.1 Å². The number of hydrogen-bond acceptors (Lipinski definition) is 5. The van der Waals surface area contributed by atoms with Gasteiger partial charge in [-0.3, -0.25) is 0 Å². The number of esters is 1. The Bertz CT molecular complexity index is 1840. The normalized spacial score (nSPS) is 12.3. The van der Waals surface area contributed by atoms with Crippen molar-refractivity contribution < 1.29 is 40.1 Å². The Morgan fingerprint density at radius 2 is 0.882 bits per heavy atom. The number of halogens is 4. The van der Waals surface area contributed by atoms with E-state index in [0.717, 1.165) is 6.92 Å². The van der Waals surface area contributed by atoms with Gasteiger partial charge < -0.3 is 9.29 Å². The molecule has 0 aromatic heterocycles. The second-order valence-corrected chi connectivity index (χ2v) is 18.5. The van der Waals surface area contributed by atoms with E-state index in [1.54, 1.807) is 0 Å². The van der Waals surface area contributed by atoms with Crippen LogP contribution in [0.15, 0.2) is 105 Å². The maximum Gasteiger partial charge on any atom is 0.338 e. The first-order valence-corrected chi connectivity index (χ1v) is 18.6. The number of carbonyl (C=O) groups excluding carboxylic acids is 1. The third-order valence-corrected chi connectivity index (χ3v) is 10.9. The van der Waals surface area contributed by atoms with E-state index in [0.29, 0.717) is 0 Å². The van der Waals surface area contributed by atoms with Crippen LogP contribution < -0.4 is 4.74 Å². The molecular weight excluding hydrogens is 701 g/mol. The zero-order valence-electron chi connectivity index (χ0n) is 30.5. The molecule has 51 heavy (non-hydrogen) atoms. The molecule has 0 atom stereocenters. The van der Waals surface area contributed by atoms with Gasteiger partial charge in [0.2, 0.25) is 17.4 Å². The number of rotatable bonds is 6. The maximum atomic E-state index is 13.4. The van der Waals surface area contributed by atoms with Crippen LogP contribution >= 0.6 is 0 Å². The lowest BCUT2D eigenvalue weighted by atomic mass is 9.87. The van der Waals surface area contributed by atoms with Crippen molar-refractivity contribution in [2.24, 2.45) is 0 Å². The summed E-state index contributed by atoms with van der Waals surface area (Å²) in [4.78, 5) is 12.8. The molecule has 274 valence electrons. The second-order valence-electron chi connectivity index (χ2n) is 15.2. The van der Waals surface area contributed by atoms with Gasteiger partial charge in [0.1, 0.15) is 15.0 Å². The predicted octanol–water partition coefficient (Wildman–Crippen LogP) is 10.3. The smallest absolute Gasteiger partial charge is 0.338 e. The molecule has 0 radical (unpaired) electrons. The lowest BCUT2D eigenvalue weighted by molar-refractivity contribution is -0.130. The number of benzene rings is 4. The highest BCUT2D eigenvalue weighted by Gasteiger charge is 2.32. The molecule has 0 aliphatic carbocycles. The van der Waals surface area contributed by atoms with Crippen LogP contribution in [0.1, 0.15) is 85.9 Å². The van der Waals surface area contributed by atoms with E-state index in [-0.39, 0.29) is 32.7 Å². The Kier molecular flexibility index (Phi) is 12.5. The van der Waals surface area contributed by atoms with Gasteiger partial charge in [-0.2, -0.15) is 8.78 Å². The molecule has 0 saturated heterocycles. The SMILES string of the molecule is C=C(C)C(=O)Oc1c(F)c(F)c(S(=O)(=O)[O-])c(F)c1F.CC(C)(C)c1ccc([S+](c2ccc(C(C)(C)C)cc2)c2ccc(C(C)(C)C)cc2)cc1. The Morgan fingerprint density at radius 1 is 0.608 bits per heavy atom. The van der Waals surface area contributed by atoms with E-state index in [1.807, 2.05) is 0 Å². The molecule has 11 heteroatoms. The highest BCUT2D eigenvalue weighted by atomic mass is 32.2. The van der Waals surface area contributed by atoms with Crippen molar-refractivity contribution in [3.8, 4) is 5.75 Å². The minimum absolute atomic E-state index is 0.120. The van der Waals surface area contributed by atoms with Crippen molar-refractivity contribution in [3.05, 3.63) is 125 Å². The first kappa shape index (κ1) is 41.5. The van der Waals surface area contributed by atoms with E-state index < -0.39 is 50.0 Å². The molecule has 0 saturated carbocycles. The fourth-order valence-corrected chi connectivity index (χ4v) is 7.42. The van der Waals surface area contributed by atoms with Crippen LogP contribution in [0.5, 0.6) is 5.75 Å². The standard InChI is InChI=1S/C30H39S.C10H6F4O5S/c1-28(2,3)22-10-16-25(17-11-22)31(26-18-12-23(13-19-26)29(4,5)6)27-20-14-24(15-21-27)30(7,8)9;1-3(2)10(15)19-8-4(11)6(13)9(20(16,17)18)7(14)5(8)12/h10-21H,1-9H3;1H2,2H3,(H,16,17,18)/q+1;/p-1. The first-order chi connectivity index (χ1) is 23.2. The van der Waals surface area contributed by atoms with Crippen molar-refractivity contribution in [1.29, 1.82) is 0 Å². The van der Waals surface area contributed by atoms with Gasteiger partial charge in [0.15, 0.2) is 26.3 Å². The number of ether oxygens (including phenoxy) is 1. The van der Waals surface area contributed by atoms with Crippen molar-refractivity contribution in [3.63, 3.8) is 0 Å². The summed E-state index contributed by atoms with van der Waals surface area (Å²) in [7, 11) is -5.93. The number of carbonyl (C=O) groups is 1. The lowest BCUT2D eigenvalue weighted by Gasteiger charge is -2.21. The zero-order chi connectivity index (χ0) is 38.9. The van der Waals surface area contributed by atoms with Crippen LogP contribution in [0.3, 0.4) is 0 Å². The molecule has 0 spiro atoms. The van der Waals surface area contributed by atoms with E-state index in [4.69, 9.17) is 0 Å². The Hall–Kier alpha value is -3.93. The van der Waals surface area contributed by atoms with E-state index in [1.165, 1.54) is 31.4 Å². The predicted molar refractivity (Wildman–Crippen MR) is 192 cm³/mol. The average molecular weight is 745 g/mol. The monoisotopic (exact) mass is 744 g/mol.